The van der Waals surface area contributed by atoms with Crippen molar-refractivity contribution in [2.75, 3.05) is 25.0 Å². The molecule has 2 rings (SSSR count). The van der Waals surface area contributed by atoms with Crippen molar-refractivity contribution in [2.45, 2.75) is 38.7 Å². The summed E-state index contributed by atoms with van der Waals surface area (Å²) in [4.78, 5) is 29.0. The molecule has 1 aliphatic heterocycles. The van der Waals surface area contributed by atoms with E-state index in [2.05, 4.69) is 17.2 Å². The molecule has 1 aromatic rings. The number of nitrogens with two attached hydrogens (primary N) is 1. The van der Waals surface area contributed by atoms with Crippen molar-refractivity contribution >= 4 is 17.6 Å². The average Bonchev–Trinajstić information content (AvgIpc) is 2.79. The fourth-order valence-corrected chi connectivity index (χ4v) is 2.54. The van der Waals surface area contributed by atoms with Gasteiger partial charge in [-0.15, -0.1) is 0 Å². The number of aromatic nitrogens is 1. The average molecular weight is 320 g/mol. The Morgan fingerprint density at radius 1 is 1.39 bits per heavy atom. The highest BCUT2D eigenvalue weighted by molar-refractivity contribution is 5.92. The zero-order valence-electron chi connectivity index (χ0n) is 13.5. The number of ether oxygens (including phenoxy) is 1. The van der Waals surface area contributed by atoms with Crippen molar-refractivity contribution < 1.29 is 14.3 Å². The first-order valence-electron chi connectivity index (χ1n) is 8.03. The minimum atomic E-state index is -0.589. The fourth-order valence-electron chi connectivity index (χ4n) is 2.54. The molecule has 1 aromatic heterocycles. The number of rotatable bonds is 5. The van der Waals surface area contributed by atoms with E-state index in [1.807, 2.05) is 0 Å². The first kappa shape index (κ1) is 17.2. The van der Waals surface area contributed by atoms with Gasteiger partial charge >= 0.3 is 6.03 Å². The summed E-state index contributed by atoms with van der Waals surface area (Å²) in [6.07, 6.45) is 5.45. The van der Waals surface area contributed by atoms with E-state index in [1.54, 1.807) is 11.0 Å². The molecular weight excluding hydrogens is 296 g/mol. The fraction of sp³-hybridized carbons (Fsp3) is 0.562. The summed E-state index contributed by atoms with van der Waals surface area (Å²) in [5, 5.41) is 2.80. The van der Waals surface area contributed by atoms with Gasteiger partial charge < -0.3 is 20.7 Å². The number of nitrogens with zero attached hydrogens (tertiary/aromatic N) is 2. The van der Waals surface area contributed by atoms with Crippen LogP contribution in [0.3, 0.4) is 0 Å². The first-order valence-corrected chi connectivity index (χ1v) is 8.03. The zero-order valence-corrected chi connectivity index (χ0v) is 13.5. The molecule has 7 heteroatoms. The van der Waals surface area contributed by atoms with Crippen molar-refractivity contribution in [3.8, 4) is 0 Å². The quantitative estimate of drug-likeness (QED) is 0.867. The van der Waals surface area contributed by atoms with E-state index < -0.39 is 5.91 Å². The Morgan fingerprint density at radius 3 is 2.87 bits per heavy atom. The number of likely N-dealkylation sites (tertiary alicyclic amines) is 1. The molecule has 7 nitrogen and oxygen atoms in total. The van der Waals surface area contributed by atoms with Gasteiger partial charge in [0.2, 0.25) is 0 Å². The summed E-state index contributed by atoms with van der Waals surface area (Å²) in [7, 11) is 0. The summed E-state index contributed by atoms with van der Waals surface area (Å²) in [6, 6.07) is 2.96. The molecule has 0 aliphatic carbocycles. The molecule has 0 radical (unpaired) electrons. The van der Waals surface area contributed by atoms with E-state index >= 15 is 0 Å². The molecule has 2 heterocycles. The van der Waals surface area contributed by atoms with E-state index in [1.165, 1.54) is 12.3 Å². The van der Waals surface area contributed by atoms with Crippen LogP contribution >= 0.6 is 0 Å². The second-order valence-electron chi connectivity index (χ2n) is 5.64. The van der Waals surface area contributed by atoms with Crippen LogP contribution in [-0.2, 0) is 4.74 Å². The largest absolute Gasteiger partial charge is 0.378 e. The third-order valence-corrected chi connectivity index (χ3v) is 3.79. The van der Waals surface area contributed by atoms with Crippen LogP contribution in [0, 0.1) is 0 Å². The van der Waals surface area contributed by atoms with Gasteiger partial charge in [0.15, 0.2) is 0 Å². The van der Waals surface area contributed by atoms with Crippen LogP contribution < -0.4 is 11.1 Å². The maximum atomic E-state index is 12.3. The van der Waals surface area contributed by atoms with Crippen molar-refractivity contribution in [3.63, 3.8) is 0 Å². The highest BCUT2D eigenvalue weighted by Crippen LogP contribution is 2.16. The lowest BCUT2D eigenvalue weighted by Gasteiger charge is -2.21. The van der Waals surface area contributed by atoms with Gasteiger partial charge in [-0.3, -0.25) is 4.79 Å². The van der Waals surface area contributed by atoms with Gasteiger partial charge in [0.1, 0.15) is 5.69 Å². The monoisotopic (exact) mass is 320 g/mol. The SMILES string of the molecule is CCCO[C@@H]1CCCN(C(=O)Nc2ccc(C(N)=O)nc2)CC1. The molecule has 0 saturated carbocycles. The number of hydrogen-bond donors (Lipinski definition) is 2. The Balaban J connectivity index is 1.86. The van der Waals surface area contributed by atoms with Crippen molar-refractivity contribution in [3.05, 3.63) is 24.0 Å². The van der Waals surface area contributed by atoms with Crippen LogP contribution in [0.15, 0.2) is 18.3 Å². The van der Waals surface area contributed by atoms with E-state index in [0.717, 1.165) is 32.3 Å². The van der Waals surface area contributed by atoms with Crippen LogP contribution in [0.1, 0.15) is 43.1 Å². The predicted molar refractivity (Wildman–Crippen MR) is 87.2 cm³/mol. The van der Waals surface area contributed by atoms with Crippen LogP contribution in [0.4, 0.5) is 10.5 Å². The summed E-state index contributed by atoms with van der Waals surface area (Å²) in [5.41, 5.74) is 5.86. The summed E-state index contributed by atoms with van der Waals surface area (Å²) >= 11 is 0. The normalized spacial score (nSPS) is 18.3. The number of carbonyl (C=O) groups excluding carboxylic acids is 2. The molecule has 1 saturated heterocycles. The van der Waals surface area contributed by atoms with Crippen LogP contribution in [0.2, 0.25) is 0 Å². The molecule has 126 valence electrons. The minimum absolute atomic E-state index is 0.158. The molecule has 1 fully saturated rings. The highest BCUT2D eigenvalue weighted by atomic mass is 16.5. The van der Waals surface area contributed by atoms with Gasteiger partial charge in [0.05, 0.1) is 18.0 Å². The number of nitrogens with one attached hydrogen (secondary N) is 1. The minimum Gasteiger partial charge on any atom is -0.378 e. The molecule has 1 aliphatic rings. The van der Waals surface area contributed by atoms with E-state index in [-0.39, 0.29) is 17.8 Å². The molecular formula is C16H24N4O3. The summed E-state index contributed by atoms with van der Waals surface area (Å²) in [6.45, 7) is 4.25. The predicted octanol–water partition coefficient (Wildman–Crippen LogP) is 1.99. The van der Waals surface area contributed by atoms with Gasteiger partial charge in [-0.25, -0.2) is 9.78 Å². The maximum Gasteiger partial charge on any atom is 0.321 e. The van der Waals surface area contributed by atoms with E-state index in [0.29, 0.717) is 18.8 Å². The number of hydrogen-bond acceptors (Lipinski definition) is 4. The third-order valence-electron chi connectivity index (χ3n) is 3.79. The second kappa shape index (κ2) is 8.47. The van der Waals surface area contributed by atoms with Crippen molar-refractivity contribution in [2.24, 2.45) is 5.73 Å². The van der Waals surface area contributed by atoms with Crippen LogP contribution in [0.25, 0.3) is 0 Å². The molecule has 23 heavy (non-hydrogen) atoms. The summed E-state index contributed by atoms with van der Waals surface area (Å²) in [5.74, 6) is -0.589. The number of urea groups is 1. The van der Waals surface area contributed by atoms with Gasteiger partial charge in [-0.2, -0.15) is 0 Å². The molecule has 0 spiro atoms. The molecule has 3 amide bonds. The third kappa shape index (κ3) is 5.21. The van der Waals surface area contributed by atoms with E-state index in [9.17, 15) is 9.59 Å². The standard InChI is InChI=1S/C16H24N4O3/c1-2-10-23-13-4-3-8-20(9-7-13)16(22)19-12-5-6-14(15(17)21)18-11-12/h5-6,11,13H,2-4,7-10H2,1H3,(H2,17,21)(H,19,22)/t13-/m1/s1. The topological polar surface area (TPSA) is 97.5 Å². The Labute approximate surface area is 136 Å². The number of pyridine rings is 1. The Hall–Kier alpha value is -2.15. The maximum absolute atomic E-state index is 12.3. The lowest BCUT2D eigenvalue weighted by atomic mass is 10.2. The van der Waals surface area contributed by atoms with Gasteiger partial charge in [-0.05, 0) is 37.8 Å². The number of carbonyl (C=O) groups is 2. The molecule has 0 unspecified atom stereocenters. The van der Waals surface area contributed by atoms with Gasteiger partial charge in [-0.1, -0.05) is 6.92 Å². The van der Waals surface area contributed by atoms with Gasteiger partial charge in [0.25, 0.3) is 5.91 Å². The zero-order chi connectivity index (χ0) is 16.7. The van der Waals surface area contributed by atoms with Crippen molar-refractivity contribution in [1.29, 1.82) is 0 Å². The van der Waals surface area contributed by atoms with Crippen LogP contribution in [0.5, 0.6) is 0 Å². The smallest absolute Gasteiger partial charge is 0.321 e. The molecule has 1 atom stereocenters. The lowest BCUT2D eigenvalue weighted by molar-refractivity contribution is 0.0446. The highest BCUT2D eigenvalue weighted by Gasteiger charge is 2.21. The number of primary amides is 1. The van der Waals surface area contributed by atoms with E-state index in [4.69, 9.17) is 10.5 Å². The van der Waals surface area contributed by atoms with Crippen molar-refractivity contribution in [1.82, 2.24) is 9.88 Å². The second-order valence-corrected chi connectivity index (χ2v) is 5.64. The Morgan fingerprint density at radius 2 is 2.22 bits per heavy atom. The number of anilines is 1. The Bertz CT molecular complexity index is 533. The number of amides is 3. The lowest BCUT2D eigenvalue weighted by Crippen LogP contribution is -2.36. The molecule has 0 bridgehead atoms. The van der Waals surface area contributed by atoms with Crippen LogP contribution in [-0.4, -0.2) is 47.6 Å². The molecule has 3 N–H and O–H groups in total. The molecule has 0 aromatic carbocycles. The van der Waals surface area contributed by atoms with Gasteiger partial charge in [0, 0.05) is 19.7 Å². The first-order chi connectivity index (χ1) is 11.1. The Kier molecular flexibility index (Phi) is 6.34. The summed E-state index contributed by atoms with van der Waals surface area (Å²) < 4.78 is 5.78.